The van der Waals surface area contributed by atoms with Gasteiger partial charge in [-0.1, -0.05) is 0 Å². The van der Waals surface area contributed by atoms with Crippen molar-refractivity contribution in [1.29, 1.82) is 0 Å². The van der Waals surface area contributed by atoms with Gasteiger partial charge in [0, 0.05) is 34.4 Å². The quantitative estimate of drug-likeness (QED) is 0.407. The van der Waals surface area contributed by atoms with Gasteiger partial charge in [0.2, 0.25) is 0 Å². The number of ether oxygens (including phenoxy) is 3. The second-order valence-corrected chi connectivity index (χ2v) is 13.3. The van der Waals surface area contributed by atoms with Crippen LogP contribution in [-0.4, -0.2) is 91.8 Å². The van der Waals surface area contributed by atoms with Gasteiger partial charge in [0.15, 0.2) is 0 Å². The van der Waals surface area contributed by atoms with Gasteiger partial charge < -0.3 is 34.2 Å². The van der Waals surface area contributed by atoms with Gasteiger partial charge in [0.25, 0.3) is 0 Å². The molecule has 228 valence electrons. The summed E-state index contributed by atoms with van der Waals surface area (Å²) in [5, 5.41) is 17.6. The molecule has 2 saturated heterocycles. The maximum atomic E-state index is 11.9. The van der Waals surface area contributed by atoms with E-state index in [2.05, 4.69) is 41.8 Å². The smallest absolute Gasteiger partial charge is 0.410 e. The average molecular weight is 704 g/mol. The van der Waals surface area contributed by atoms with Gasteiger partial charge in [-0.3, -0.25) is 9.97 Å². The van der Waals surface area contributed by atoms with Gasteiger partial charge in [0.05, 0.1) is 31.1 Å². The fourth-order valence-corrected chi connectivity index (χ4v) is 4.13. The fourth-order valence-electron chi connectivity index (χ4n) is 3.43. The summed E-state index contributed by atoms with van der Waals surface area (Å²) in [6.07, 6.45) is 7.55. The third kappa shape index (κ3) is 12.8. The van der Waals surface area contributed by atoms with Crippen LogP contribution in [0, 0.1) is 0 Å². The van der Waals surface area contributed by atoms with Gasteiger partial charge in [-0.05, 0) is 98.4 Å². The number of hydrogen-bond donors (Lipinski definition) is 2. The van der Waals surface area contributed by atoms with Crippen LogP contribution in [0.1, 0.15) is 54.4 Å². The summed E-state index contributed by atoms with van der Waals surface area (Å²) >= 11 is 6.48. The summed E-state index contributed by atoms with van der Waals surface area (Å²) in [5.74, 6) is 0.870. The lowest BCUT2D eigenvalue weighted by atomic mass is 10.1. The number of aromatic nitrogens is 2. The van der Waals surface area contributed by atoms with E-state index in [4.69, 9.17) is 24.4 Å². The zero-order valence-electron chi connectivity index (χ0n) is 24.3. The molecule has 4 rings (SSSR count). The van der Waals surface area contributed by atoms with E-state index in [-0.39, 0.29) is 36.6 Å². The topological polar surface area (TPSA) is 135 Å². The Morgan fingerprint density at radius 2 is 1.34 bits per heavy atom. The summed E-state index contributed by atoms with van der Waals surface area (Å²) < 4.78 is 17.8. The van der Waals surface area contributed by atoms with Crippen molar-refractivity contribution in [3.63, 3.8) is 0 Å². The van der Waals surface area contributed by atoms with Crippen molar-refractivity contribution in [3.8, 4) is 11.5 Å². The highest BCUT2D eigenvalue weighted by molar-refractivity contribution is 9.10. The van der Waals surface area contributed by atoms with Crippen molar-refractivity contribution in [2.75, 3.05) is 26.3 Å². The largest absolute Gasteiger partial charge is 0.506 e. The molecule has 0 unspecified atom stereocenters. The van der Waals surface area contributed by atoms with Crippen LogP contribution >= 0.6 is 31.9 Å². The van der Waals surface area contributed by atoms with Crippen molar-refractivity contribution >= 4 is 44.0 Å². The highest BCUT2D eigenvalue weighted by atomic mass is 79.9. The molecule has 11 nitrogen and oxygen atoms in total. The standard InChI is InChI=1S/C14H19BrN2O3.C9H17NO3.C5H4BrNO/c1-14(2,3)20-13(18)17-5-4-11(17)9-19-12-6-10(15)7-16-8-12;1-9(2,3)13-8(12)10-5-4-7(10)6-11;6-4-1-5(8)3-7-2-4/h6-8,11H,4-5,9H2,1-3H3;7,11H,4-6H2,1-3H3;1-3,8H/t11-;7-;/m11./s1. The number of halogens is 2. The molecule has 2 aromatic heterocycles. The SMILES string of the molecule is CC(C)(C)OC(=O)N1CC[C@@H]1CO.CC(C)(C)OC(=O)N1CC[C@@H]1COc1cncc(Br)c1.Oc1cncc(Br)c1. The summed E-state index contributed by atoms with van der Waals surface area (Å²) in [6, 6.07) is 3.47. The molecule has 2 fully saturated rings. The van der Waals surface area contributed by atoms with Crippen LogP contribution < -0.4 is 4.74 Å². The molecule has 41 heavy (non-hydrogen) atoms. The monoisotopic (exact) mass is 702 g/mol. The molecule has 2 N–H and O–H groups in total. The first-order valence-corrected chi connectivity index (χ1v) is 14.8. The zero-order chi connectivity index (χ0) is 30.8. The normalized spacial score (nSPS) is 17.9. The van der Waals surface area contributed by atoms with Crippen molar-refractivity contribution in [2.45, 2.75) is 77.7 Å². The lowest BCUT2D eigenvalue weighted by molar-refractivity contribution is -0.0168. The van der Waals surface area contributed by atoms with E-state index < -0.39 is 11.2 Å². The zero-order valence-corrected chi connectivity index (χ0v) is 27.5. The number of amides is 2. The van der Waals surface area contributed by atoms with Crippen molar-refractivity contribution in [2.24, 2.45) is 0 Å². The Bertz CT molecular complexity index is 1120. The first-order valence-electron chi connectivity index (χ1n) is 13.2. The summed E-state index contributed by atoms with van der Waals surface area (Å²) in [4.78, 5) is 34.3. The number of hydrogen-bond acceptors (Lipinski definition) is 9. The molecule has 4 heterocycles. The van der Waals surface area contributed by atoms with E-state index in [1.165, 1.54) is 6.20 Å². The van der Waals surface area contributed by atoms with Crippen molar-refractivity contribution in [1.82, 2.24) is 19.8 Å². The number of carbonyl (C=O) groups is 2. The first kappa shape index (κ1) is 34.6. The number of pyridine rings is 2. The molecule has 0 bridgehead atoms. The third-order valence-corrected chi connectivity index (χ3v) is 6.43. The van der Waals surface area contributed by atoms with E-state index in [9.17, 15) is 9.59 Å². The number of aliphatic hydroxyl groups excluding tert-OH is 1. The van der Waals surface area contributed by atoms with Crippen LogP contribution in [0.2, 0.25) is 0 Å². The van der Waals surface area contributed by atoms with Crippen LogP contribution in [-0.2, 0) is 9.47 Å². The van der Waals surface area contributed by atoms with Crippen LogP contribution in [0.15, 0.2) is 45.9 Å². The summed E-state index contributed by atoms with van der Waals surface area (Å²) in [6.45, 7) is 13.0. The predicted molar refractivity (Wildman–Crippen MR) is 161 cm³/mol. The lowest BCUT2D eigenvalue weighted by Gasteiger charge is -2.40. The second kappa shape index (κ2) is 15.5. The van der Waals surface area contributed by atoms with E-state index in [0.29, 0.717) is 18.9 Å². The summed E-state index contributed by atoms with van der Waals surface area (Å²) in [5.41, 5.74) is -0.918. The Morgan fingerprint density at radius 1 is 0.854 bits per heavy atom. The number of likely N-dealkylation sites (tertiary alicyclic amines) is 2. The molecule has 0 saturated carbocycles. The van der Waals surface area contributed by atoms with Gasteiger partial charge in [-0.15, -0.1) is 0 Å². The molecule has 2 atom stereocenters. The number of rotatable bonds is 4. The van der Waals surface area contributed by atoms with Gasteiger partial charge in [-0.2, -0.15) is 0 Å². The molecule has 0 radical (unpaired) electrons. The maximum Gasteiger partial charge on any atom is 0.410 e. The van der Waals surface area contributed by atoms with E-state index >= 15 is 0 Å². The van der Waals surface area contributed by atoms with Crippen LogP contribution in [0.3, 0.4) is 0 Å². The molecule has 2 amide bonds. The molecular weight excluding hydrogens is 664 g/mol. The van der Waals surface area contributed by atoms with Crippen molar-refractivity contribution < 1.29 is 34.0 Å². The van der Waals surface area contributed by atoms with Crippen LogP contribution in [0.25, 0.3) is 0 Å². The molecule has 0 spiro atoms. The minimum absolute atomic E-state index is 0.0270. The van der Waals surface area contributed by atoms with E-state index in [1.54, 1.807) is 34.5 Å². The predicted octanol–water partition coefficient (Wildman–Crippen LogP) is 5.77. The molecular formula is C28H40Br2N4O7. The Hall–Kier alpha value is -2.64. The Balaban J connectivity index is 0.000000239. The average Bonchev–Trinajstić information content (AvgIpc) is 2.76. The van der Waals surface area contributed by atoms with Gasteiger partial charge in [-0.25, -0.2) is 9.59 Å². The van der Waals surface area contributed by atoms with E-state index in [1.807, 2.05) is 47.6 Å². The number of nitrogens with zero attached hydrogens (tertiary/aromatic N) is 4. The molecule has 0 aliphatic carbocycles. The Morgan fingerprint density at radius 3 is 1.71 bits per heavy atom. The lowest BCUT2D eigenvalue weighted by Crippen LogP contribution is -2.55. The van der Waals surface area contributed by atoms with Gasteiger partial charge >= 0.3 is 12.2 Å². The molecule has 13 heteroatoms. The molecule has 2 aliphatic heterocycles. The fraction of sp³-hybridized carbons (Fsp3) is 0.571. The number of aromatic hydroxyl groups is 1. The van der Waals surface area contributed by atoms with E-state index in [0.717, 1.165) is 28.3 Å². The second-order valence-electron chi connectivity index (χ2n) is 11.4. The minimum Gasteiger partial charge on any atom is -0.506 e. The van der Waals surface area contributed by atoms with Crippen molar-refractivity contribution in [3.05, 3.63) is 45.9 Å². The van der Waals surface area contributed by atoms with Crippen LogP contribution in [0.4, 0.5) is 9.59 Å². The highest BCUT2D eigenvalue weighted by Gasteiger charge is 2.36. The molecule has 2 aromatic rings. The number of aliphatic hydroxyl groups is 1. The van der Waals surface area contributed by atoms with Crippen LogP contribution in [0.5, 0.6) is 11.5 Å². The Labute approximate surface area is 258 Å². The third-order valence-electron chi connectivity index (χ3n) is 5.57. The highest BCUT2D eigenvalue weighted by Crippen LogP contribution is 2.23. The van der Waals surface area contributed by atoms with Gasteiger partial charge in [0.1, 0.15) is 29.3 Å². The molecule has 0 aromatic carbocycles. The Kier molecular flexibility index (Phi) is 13.1. The number of carbonyl (C=O) groups excluding carboxylic acids is 2. The maximum absolute atomic E-state index is 11.9. The molecule has 2 aliphatic rings. The minimum atomic E-state index is -0.466. The summed E-state index contributed by atoms with van der Waals surface area (Å²) in [7, 11) is 0. The first-order chi connectivity index (χ1) is 19.1.